The number of hydrogen-bond donors (Lipinski definition) is 1. The predicted octanol–water partition coefficient (Wildman–Crippen LogP) is 3.65. The van der Waals surface area contributed by atoms with Gasteiger partial charge in [-0.05, 0) is 37.6 Å². The minimum atomic E-state index is -0.118. The second-order valence-electron chi connectivity index (χ2n) is 5.30. The summed E-state index contributed by atoms with van der Waals surface area (Å²) in [7, 11) is 0. The Labute approximate surface area is 114 Å². The van der Waals surface area contributed by atoms with Crippen molar-refractivity contribution in [1.82, 2.24) is 10.3 Å². The molecule has 0 amide bonds. The van der Waals surface area contributed by atoms with Crippen LogP contribution in [0.2, 0.25) is 4.47 Å². The van der Waals surface area contributed by atoms with Gasteiger partial charge in [-0.2, -0.15) is 0 Å². The lowest BCUT2D eigenvalue weighted by molar-refractivity contribution is 0.323. The third-order valence-corrected chi connectivity index (χ3v) is 5.34. The van der Waals surface area contributed by atoms with Crippen LogP contribution in [0.5, 0.6) is 0 Å². The quantitative estimate of drug-likeness (QED) is 0.520. The van der Waals surface area contributed by atoms with E-state index in [4.69, 9.17) is 17.1 Å². The van der Waals surface area contributed by atoms with E-state index in [1.165, 1.54) is 11.3 Å². The first-order valence-electron chi connectivity index (χ1n) is 6.07. The highest BCUT2D eigenvalue weighted by atomic mass is 35.5. The average molecular weight is 284 g/mol. The van der Waals surface area contributed by atoms with Gasteiger partial charge in [0.1, 0.15) is 0 Å². The van der Waals surface area contributed by atoms with Crippen molar-refractivity contribution in [3.05, 3.63) is 26.0 Å². The summed E-state index contributed by atoms with van der Waals surface area (Å²) in [6.45, 7) is 0.802. The molecule has 0 aromatic carbocycles. The Morgan fingerprint density at radius 3 is 2.89 bits per heavy atom. The van der Waals surface area contributed by atoms with Gasteiger partial charge in [0.05, 0.1) is 5.54 Å². The van der Waals surface area contributed by atoms with Gasteiger partial charge in [0.2, 0.25) is 0 Å². The number of fused-ring (bicyclic) bond motifs is 2. The SMILES string of the molecule is [N-]=[N+]=NC12CCC(NCc3cnc(Cl)s3)(CC1)C2. The highest BCUT2D eigenvalue weighted by Crippen LogP contribution is 2.53. The summed E-state index contributed by atoms with van der Waals surface area (Å²) < 4.78 is 0.588. The largest absolute Gasteiger partial charge is 0.306 e. The van der Waals surface area contributed by atoms with E-state index in [0.717, 1.165) is 43.5 Å². The molecule has 0 radical (unpaired) electrons. The first-order valence-corrected chi connectivity index (χ1v) is 7.26. The minimum absolute atomic E-state index is 0.118. The summed E-state index contributed by atoms with van der Waals surface area (Å²) in [6.07, 6.45) is 7.00. The van der Waals surface area contributed by atoms with E-state index in [-0.39, 0.29) is 11.1 Å². The van der Waals surface area contributed by atoms with Crippen LogP contribution in [0, 0.1) is 0 Å². The molecule has 3 rings (SSSR count). The van der Waals surface area contributed by atoms with E-state index in [1.807, 2.05) is 6.20 Å². The molecule has 1 N–H and O–H groups in total. The van der Waals surface area contributed by atoms with E-state index >= 15 is 0 Å². The van der Waals surface area contributed by atoms with Crippen LogP contribution in [0.3, 0.4) is 0 Å². The van der Waals surface area contributed by atoms with Crippen molar-refractivity contribution in [2.75, 3.05) is 0 Å². The molecule has 1 aromatic heterocycles. The molecular weight excluding hydrogens is 270 g/mol. The topological polar surface area (TPSA) is 73.7 Å². The van der Waals surface area contributed by atoms with Gasteiger partial charge in [-0.25, -0.2) is 4.98 Å². The monoisotopic (exact) mass is 283 g/mol. The molecule has 96 valence electrons. The maximum absolute atomic E-state index is 8.65. The Kier molecular flexibility index (Phi) is 2.98. The van der Waals surface area contributed by atoms with Crippen LogP contribution in [-0.4, -0.2) is 16.1 Å². The standard InChI is InChI=1S/C11H14ClN5S/c12-9-14-5-8(18-9)6-15-10-1-3-11(7-10,4-2-10)16-17-13/h5,15H,1-4,6-7H2. The second kappa shape index (κ2) is 4.38. The van der Waals surface area contributed by atoms with Gasteiger partial charge in [-0.1, -0.05) is 16.7 Å². The Hall–Kier alpha value is -0.810. The number of nitrogens with one attached hydrogen (secondary N) is 1. The molecule has 2 aliphatic rings. The molecule has 2 fully saturated rings. The number of nitrogens with zero attached hydrogens (tertiary/aromatic N) is 4. The summed E-state index contributed by atoms with van der Waals surface area (Å²) in [5.41, 5.74) is 8.69. The summed E-state index contributed by atoms with van der Waals surface area (Å²) in [5, 5.41) is 7.66. The molecule has 2 aliphatic carbocycles. The van der Waals surface area contributed by atoms with Crippen molar-refractivity contribution in [3.8, 4) is 0 Å². The number of rotatable bonds is 4. The van der Waals surface area contributed by atoms with E-state index in [9.17, 15) is 0 Å². The van der Waals surface area contributed by atoms with Gasteiger partial charge in [-0.15, -0.1) is 11.3 Å². The van der Waals surface area contributed by atoms with Gasteiger partial charge in [0, 0.05) is 28.1 Å². The molecule has 1 aromatic rings. The molecule has 18 heavy (non-hydrogen) atoms. The molecule has 1 heterocycles. The molecule has 2 saturated carbocycles. The fourth-order valence-electron chi connectivity index (χ4n) is 3.29. The Morgan fingerprint density at radius 1 is 1.50 bits per heavy atom. The minimum Gasteiger partial charge on any atom is -0.306 e. The zero-order chi connectivity index (χ0) is 12.6. The van der Waals surface area contributed by atoms with Crippen LogP contribution < -0.4 is 5.32 Å². The van der Waals surface area contributed by atoms with Crippen LogP contribution in [0.25, 0.3) is 10.4 Å². The second-order valence-corrected chi connectivity index (χ2v) is 7.00. The third-order valence-electron chi connectivity index (χ3n) is 4.23. The number of aromatic nitrogens is 1. The normalized spacial score (nSPS) is 33.6. The van der Waals surface area contributed by atoms with Gasteiger partial charge in [-0.3, -0.25) is 0 Å². The highest BCUT2D eigenvalue weighted by Gasteiger charge is 2.53. The molecule has 2 bridgehead atoms. The fraction of sp³-hybridized carbons (Fsp3) is 0.727. The van der Waals surface area contributed by atoms with E-state index in [0.29, 0.717) is 4.47 Å². The summed E-state index contributed by atoms with van der Waals surface area (Å²) in [6, 6.07) is 0. The number of halogens is 1. The van der Waals surface area contributed by atoms with Gasteiger partial charge < -0.3 is 5.32 Å². The third kappa shape index (κ3) is 2.10. The zero-order valence-electron chi connectivity index (χ0n) is 9.90. The molecule has 0 atom stereocenters. The lowest BCUT2D eigenvalue weighted by Gasteiger charge is -2.27. The van der Waals surface area contributed by atoms with Crippen molar-refractivity contribution in [1.29, 1.82) is 0 Å². The zero-order valence-corrected chi connectivity index (χ0v) is 11.5. The van der Waals surface area contributed by atoms with E-state index in [2.05, 4.69) is 20.3 Å². The summed E-state index contributed by atoms with van der Waals surface area (Å²) in [5.74, 6) is 0. The number of hydrogen-bond acceptors (Lipinski definition) is 4. The van der Waals surface area contributed by atoms with Gasteiger partial charge in [0.25, 0.3) is 0 Å². The van der Waals surface area contributed by atoms with Crippen molar-refractivity contribution >= 4 is 22.9 Å². The van der Waals surface area contributed by atoms with Crippen LogP contribution in [0.15, 0.2) is 11.3 Å². The van der Waals surface area contributed by atoms with Crippen molar-refractivity contribution in [3.63, 3.8) is 0 Å². The van der Waals surface area contributed by atoms with Crippen LogP contribution in [0.1, 0.15) is 37.0 Å². The number of azide groups is 1. The molecule has 0 spiro atoms. The average Bonchev–Trinajstić information content (AvgIpc) is 3.01. The maximum atomic E-state index is 8.65. The molecule has 0 aliphatic heterocycles. The first-order chi connectivity index (χ1) is 8.65. The van der Waals surface area contributed by atoms with Crippen LogP contribution in [-0.2, 0) is 6.54 Å². The first kappa shape index (κ1) is 12.2. The van der Waals surface area contributed by atoms with E-state index in [1.54, 1.807) is 0 Å². The van der Waals surface area contributed by atoms with Gasteiger partial charge in [0.15, 0.2) is 4.47 Å². The van der Waals surface area contributed by atoms with Crippen LogP contribution in [0.4, 0.5) is 0 Å². The van der Waals surface area contributed by atoms with Gasteiger partial charge >= 0.3 is 0 Å². The Morgan fingerprint density at radius 2 is 2.28 bits per heavy atom. The van der Waals surface area contributed by atoms with Crippen molar-refractivity contribution in [2.24, 2.45) is 5.11 Å². The summed E-state index contributed by atoms with van der Waals surface area (Å²) in [4.78, 5) is 8.21. The smallest absolute Gasteiger partial charge is 0.183 e. The molecule has 7 heteroatoms. The predicted molar refractivity (Wildman–Crippen MR) is 71.7 cm³/mol. The maximum Gasteiger partial charge on any atom is 0.183 e. The van der Waals surface area contributed by atoms with Crippen LogP contribution >= 0.6 is 22.9 Å². The van der Waals surface area contributed by atoms with Crippen molar-refractivity contribution in [2.45, 2.75) is 49.7 Å². The molecule has 5 nitrogen and oxygen atoms in total. The summed E-state index contributed by atoms with van der Waals surface area (Å²) >= 11 is 7.33. The fourth-order valence-corrected chi connectivity index (χ4v) is 4.20. The Balaban J connectivity index is 1.66. The van der Waals surface area contributed by atoms with Crippen molar-refractivity contribution < 1.29 is 0 Å². The molecular formula is C11H14ClN5S. The Bertz CT molecular complexity index is 499. The molecule has 0 saturated heterocycles. The highest BCUT2D eigenvalue weighted by molar-refractivity contribution is 7.15. The molecule has 0 unspecified atom stereocenters. The lowest BCUT2D eigenvalue weighted by Crippen LogP contribution is -2.40. The number of thiazole rings is 1. The lowest BCUT2D eigenvalue weighted by atomic mass is 9.92. The van der Waals surface area contributed by atoms with E-state index < -0.39 is 0 Å².